The Kier molecular flexibility index (Phi) is 9.11. The Labute approximate surface area is 208 Å². The largest absolute Gasteiger partial charge is 0.493 e. The lowest BCUT2D eigenvalue weighted by Crippen LogP contribution is -2.50. The van der Waals surface area contributed by atoms with E-state index in [9.17, 15) is 14.4 Å². The Morgan fingerprint density at radius 2 is 1.86 bits per heavy atom. The summed E-state index contributed by atoms with van der Waals surface area (Å²) in [5.41, 5.74) is 0.363. The van der Waals surface area contributed by atoms with Crippen LogP contribution in [0.1, 0.15) is 33.3 Å². The first-order chi connectivity index (χ1) is 16.7. The number of rotatable bonds is 8. The summed E-state index contributed by atoms with van der Waals surface area (Å²) in [4.78, 5) is 40.2. The van der Waals surface area contributed by atoms with E-state index < -0.39 is 5.97 Å². The first-order valence-electron chi connectivity index (χ1n) is 11.6. The van der Waals surface area contributed by atoms with Crippen molar-refractivity contribution in [3.8, 4) is 11.5 Å². The standard InChI is InChI=1S/C25H32N2O7S/c1-6-32-19-9-8-18(10-20(19)31-5)11-21-25(30)27(23(35-21)12-24(29)33-7-2)15-22(28)26-13-16(3)34-17(4)14-26/h8-12,16-17H,6-7,13-15H2,1-5H3/b21-11-,23-12-/t16-,17+. The van der Waals surface area contributed by atoms with Crippen molar-refractivity contribution >= 4 is 35.4 Å². The molecule has 2 atom stereocenters. The second-order valence-corrected chi connectivity index (χ2v) is 9.20. The summed E-state index contributed by atoms with van der Waals surface area (Å²) < 4.78 is 23.7. The number of carbonyl (C=O) groups excluding carboxylic acids is 2. The van der Waals surface area contributed by atoms with Gasteiger partial charge in [-0.05, 0) is 51.5 Å². The number of ether oxygens (including phenoxy) is 4. The molecule has 2 heterocycles. The zero-order valence-corrected chi connectivity index (χ0v) is 21.6. The molecule has 1 fully saturated rings. The van der Waals surface area contributed by atoms with E-state index in [1.807, 2.05) is 26.8 Å². The second-order valence-electron chi connectivity index (χ2n) is 8.14. The molecule has 0 saturated carbocycles. The predicted molar refractivity (Wildman–Crippen MR) is 133 cm³/mol. The van der Waals surface area contributed by atoms with Crippen molar-refractivity contribution in [2.75, 3.05) is 33.4 Å². The molecule has 10 heteroatoms. The summed E-state index contributed by atoms with van der Waals surface area (Å²) in [7, 11) is 1.55. The molecule has 0 N–H and O–H groups in total. The van der Waals surface area contributed by atoms with E-state index in [-0.39, 0.29) is 36.8 Å². The fraction of sp³-hybridized carbons (Fsp3) is 0.480. The molecule has 1 aliphatic heterocycles. The van der Waals surface area contributed by atoms with E-state index in [0.717, 1.165) is 16.9 Å². The van der Waals surface area contributed by atoms with Crippen molar-refractivity contribution < 1.29 is 28.5 Å². The highest BCUT2D eigenvalue weighted by molar-refractivity contribution is 7.07. The third kappa shape index (κ3) is 6.73. The number of benzene rings is 1. The normalized spacial score (nSPS) is 19.1. The average molecular weight is 505 g/mol. The molecular weight excluding hydrogens is 472 g/mol. The third-order valence-corrected chi connectivity index (χ3v) is 6.38. The van der Waals surface area contributed by atoms with Gasteiger partial charge in [-0.2, -0.15) is 0 Å². The van der Waals surface area contributed by atoms with Crippen molar-refractivity contribution in [3.05, 3.63) is 43.3 Å². The van der Waals surface area contributed by atoms with E-state index in [2.05, 4.69) is 0 Å². The van der Waals surface area contributed by atoms with Gasteiger partial charge in [0.1, 0.15) is 11.2 Å². The fourth-order valence-corrected chi connectivity index (χ4v) is 4.93. The molecular formula is C25H32N2O7S. The van der Waals surface area contributed by atoms with Gasteiger partial charge in [-0.15, -0.1) is 11.3 Å². The molecule has 1 amide bonds. The molecule has 9 nitrogen and oxygen atoms in total. The molecule has 0 aliphatic carbocycles. The van der Waals surface area contributed by atoms with Crippen LogP contribution in [0.25, 0.3) is 12.2 Å². The number of nitrogens with zero attached hydrogens (tertiary/aromatic N) is 2. The molecule has 1 aliphatic rings. The number of amides is 1. The molecule has 190 valence electrons. The molecule has 2 aromatic rings. The number of hydrogen-bond donors (Lipinski definition) is 0. The molecule has 0 radical (unpaired) electrons. The van der Waals surface area contributed by atoms with Gasteiger partial charge in [-0.25, -0.2) is 4.79 Å². The van der Waals surface area contributed by atoms with E-state index >= 15 is 0 Å². The van der Waals surface area contributed by atoms with Gasteiger partial charge >= 0.3 is 5.97 Å². The Morgan fingerprint density at radius 1 is 1.14 bits per heavy atom. The van der Waals surface area contributed by atoms with Gasteiger partial charge in [-0.1, -0.05) is 6.07 Å². The number of morpholine rings is 1. The summed E-state index contributed by atoms with van der Waals surface area (Å²) in [6, 6.07) is 5.36. The Morgan fingerprint density at radius 3 is 2.49 bits per heavy atom. The molecule has 0 bridgehead atoms. The van der Waals surface area contributed by atoms with Crippen LogP contribution < -0.4 is 24.2 Å². The molecule has 0 spiro atoms. The number of hydrogen-bond acceptors (Lipinski definition) is 8. The number of thiazole rings is 1. The third-order valence-electron chi connectivity index (χ3n) is 5.32. The van der Waals surface area contributed by atoms with Crippen LogP contribution in [-0.4, -0.2) is 67.0 Å². The summed E-state index contributed by atoms with van der Waals surface area (Å²) in [5, 5.41) is 0. The van der Waals surface area contributed by atoms with Gasteiger partial charge in [0, 0.05) is 13.1 Å². The maximum Gasteiger partial charge on any atom is 0.333 e. The number of carbonyl (C=O) groups is 2. The molecule has 3 rings (SSSR count). The quantitative estimate of drug-likeness (QED) is 0.497. The van der Waals surface area contributed by atoms with Crippen LogP contribution in [0.15, 0.2) is 23.0 Å². The first-order valence-corrected chi connectivity index (χ1v) is 12.4. The lowest BCUT2D eigenvalue weighted by atomic mass is 10.2. The van der Waals surface area contributed by atoms with Gasteiger partial charge < -0.3 is 23.8 Å². The first kappa shape index (κ1) is 26.5. The van der Waals surface area contributed by atoms with E-state index in [4.69, 9.17) is 18.9 Å². The Balaban J connectivity index is 2.02. The highest BCUT2D eigenvalue weighted by Gasteiger charge is 2.26. The minimum atomic E-state index is -0.571. The number of aromatic nitrogens is 1. The van der Waals surface area contributed by atoms with Crippen molar-refractivity contribution in [2.24, 2.45) is 0 Å². The minimum absolute atomic E-state index is 0.0917. The Hall–Kier alpha value is -3.11. The topological polar surface area (TPSA) is 96.3 Å². The van der Waals surface area contributed by atoms with Gasteiger partial charge in [0.15, 0.2) is 11.5 Å². The van der Waals surface area contributed by atoms with E-state index in [1.165, 1.54) is 10.6 Å². The van der Waals surface area contributed by atoms with Crippen LogP contribution in [0.4, 0.5) is 0 Å². The SMILES string of the molecule is CCOC(=O)/C=c1\s/c(=C\c2ccc(OCC)c(OC)c2)c(=O)n1CC(=O)N1C[C@@H](C)O[C@@H](C)C1. The highest BCUT2D eigenvalue weighted by atomic mass is 32.1. The molecule has 1 saturated heterocycles. The van der Waals surface area contributed by atoms with Crippen LogP contribution in [0.5, 0.6) is 11.5 Å². The lowest BCUT2D eigenvalue weighted by molar-refractivity contribution is -0.144. The molecule has 1 aromatic heterocycles. The van der Waals surface area contributed by atoms with Gasteiger partial charge in [-0.3, -0.25) is 14.2 Å². The maximum atomic E-state index is 13.3. The van der Waals surface area contributed by atoms with Gasteiger partial charge in [0.2, 0.25) is 5.91 Å². The summed E-state index contributed by atoms with van der Waals surface area (Å²) in [6.45, 7) is 8.82. The summed E-state index contributed by atoms with van der Waals surface area (Å²) >= 11 is 1.12. The van der Waals surface area contributed by atoms with E-state index in [1.54, 1.807) is 37.1 Å². The van der Waals surface area contributed by atoms with Crippen LogP contribution in [0.2, 0.25) is 0 Å². The highest BCUT2D eigenvalue weighted by Crippen LogP contribution is 2.28. The van der Waals surface area contributed by atoms with Crippen LogP contribution in [0.3, 0.4) is 0 Å². The lowest BCUT2D eigenvalue weighted by Gasteiger charge is -2.35. The zero-order valence-electron chi connectivity index (χ0n) is 20.7. The van der Waals surface area contributed by atoms with Crippen LogP contribution >= 0.6 is 11.3 Å². The minimum Gasteiger partial charge on any atom is -0.493 e. The smallest absolute Gasteiger partial charge is 0.333 e. The Bertz CT molecular complexity index is 1220. The van der Waals surface area contributed by atoms with Crippen molar-refractivity contribution in [3.63, 3.8) is 0 Å². The van der Waals surface area contributed by atoms with Crippen molar-refractivity contribution in [2.45, 2.75) is 46.4 Å². The summed E-state index contributed by atoms with van der Waals surface area (Å²) in [6.07, 6.45) is 2.77. The fourth-order valence-electron chi connectivity index (χ4n) is 3.89. The van der Waals surface area contributed by atoms with Crippen molar-refractivity contribution in [1.29, 1.82) is 0 Å². The molecule has 1 aromatic carbocycles. The van der Waals surface area contributed by atoms with Crippen LogP contribution in [-0.2, 0) is 25.6 Å². The predicted octanol–water partition coefficient (Wildman–Crippen LogP) is 1.13. The number of methoxy groups -OCH3 is 1. The zero-order chi connectivity index (χ0) is 25.5. The molecule has 0 unspecified atom stereocenters. The molecule has 35 heavy (non-hydrogen) atoms. The van der Waals surface area contributed by atoms with Gasteiger partial charge in [0.25, 0.3) is 5.56 Å². The maximum absolute atomic E-state index is 13.3. The average Bonchev–Trinajstić information content (AvgIpc) is 3.08. The monoisotopic (exact) mass is 504 g/mol. The van der Waals surface area contributed by atoms with Crippen LogP contribution in [0, 0.1) is 0 Å². The van der Waals surface area contributed by atoms with E-state index in [0.29, 0.717) is 40.4 Å². The van der Waals surface area contributed by atoms with Crippen molar-refractivity contribution in [1.82, 2.24) is 9.47 Å². The summed E-state index contributed by atoms with van der Waals surface area (Å²) in [5.74, 6) is 0.366. The van der Waals surface area contributed by atoms with Gasteiger partial charge in [0.05, 0.1) is 43.1 Å². The number of esters is 1. The second kappa shape index (κ2) is 12.0.